The second-order valence-corrected chi connectivity index (χ2v) is 12.0. The number of rotatable bonds is 4. The molecule has 0 aliphatic heterocycles. The number of aliphatic hydroxyl groups excluding tert-OH is 1. The van der Waals surface area contributed by atoms with E-state index in [2.05, 4.69) is 9.97 Å². The van der Waals surface area contributed by atoms with Gasteiger partial charge < -0.3 is 5.11 Å². The van der Waals surface area contributed by atoms with Gasteiger partial charge in [-0.15, -0.1) is 22.7 Å². The van der Waals surface area contributed by atoms with E-state index in [0.717, 1.165) is 26.9 Å². The summed E-state index contributed by atoms with van der Waals surface area (Å²) in [6.07, 6.45) is -4.53. The van der Waals surface area contributed by atoms with Crippen LogP contribution in [0.5, 0.6) is 0 Å². The third-order valence-corrected chi connectivity index (χ3v) is 9.64. The second kappa shape index (κ2) is 15.0. The van der Waals surface area contributed by atoms with E-state index in [0.29, 0.717) is 36.3 Å². The molecule has 0 unspecified atom stereocenters. The summed E-state index contributed by atoms with van der Waals surface area (Å²) in [6, 6.07) is 0. The third-order valence-electron chi connectivity index (χ3n) is 7.09. The Kier molecular flexibility index (Phi) is 13.0. The first-order valence-electron chi connectivity index (χ1n) is 12.3. The number of hydrogen-bond acceptors (Lipinski definition) is 8. The minimum absolute atomic E-state index is 0.0403. The average Bonchev–Trinajstić information content (AvgIpc) is 3.45. The molecule has 0 aromatic carbocycles. The molecule has 0 atom stereocenters. The molecule has 0 spiro atoms. The van der Waals surface area contributed by atoms with E-state index in [1.165, 1.54) is 22.7 Å². The summed E-state index contributed by atoms with van der Waals surface area (Å²) in [4.78, 5) is 20.8. The zero-order valence-corrected chi connectivity index (χ0v) is 24.1. The zero-order valence-electron chi connectivity index (χ0n) is 21.3. The Balaban J connectivity index is 0.000000249. The molecule has 0 amide bonds. The number of alkyl halides is 6. The standard InChI is InChI=1S/C12H16F3NOS.C12H14F3NOS.Mn.2O/c2*1-7-10(6-17)18-11(16-7)8-2-4-9(5-3-8)12(13,14)15;;;/h8-9,17H,2-6H2,1H3;6,8-9H,2-5H2,1H3;;;. The zero-order chi connectivity index (χ0) is 29.4. The summed E-state index contributed by atoms with van der Waals surface area (Å²) in [6.45, 7) is 3.54. The predicted molar refractivity (Wildman–Crippen MR) is 128 cm³/mol. The van der Waals surface area contributed by atoms with Crippen LogP contribution in [-0.4, -0.2) is 33.7 Å². The van der Waals surface area contributed by atoms with Crippen molar-refractivity contribution in [2.45, 2.75) is 96.0 Å². The van der Waals surface area contributed by atoms with Crippen LogP contribution in [0.25, 0.3) is 0 Å². The summed E-state index contributed by atoms with van der Waals surface area (Å²) in [5.41, 5.74) is 1.48. The molecule has 2 saturated carbocycles. The van der Waals surface area contributed by atoms with Crippen LogP contribution >= 0.6 is 22.7 Å². The molecule has 0 bridgehead atoms. The van der Waals surface area contributed by atoms with E-state index in [-0.39, 0.29) is 44.1 Å². The van der Waals surface area contributed by atoms with Crippen molar-refractivity contribution in [2.24, 2.45) is 11.8 Å². The Morgan fingerprint density at radius 2 is 1.18 bits per heavy atom. The van der Waals surface area contributed by atoms with Crippen LogP contribution in [0.3, 0.4) is 0 Å². The molecule has 0 radical (unpaired) electrons. The van der Waals surface area contributed by atoms with E-state index < -0.39 is 39.0 Å². The molecule has 4 rings (SSSR count). The van der Waals surface area contributed by atoms with Crippen molar-refractivity contribution >= 4 is 29.0 Å². The molecule has 0 saturated heterocycles. The summed E-state index contributed by atoms with van der Waals surface area (Å²) in [7, 11) is 0. The fourth-order valence-electron chi connectivity index (χ4n) is 4.82. The number of hydrogen-bond donors (Lipinski definition) is 1. The molecule has 1 N–H and O–H groups in total. The second-order valence-electron chi connectivity index (χ2n) is 9.58. The third kappa shape index (κ3) is 9.87. The minimum atomic E-state index is -4.07. The van der Waals surface area contributed by atoms with Gasteiger partial charge in [0.1, 0.15) is 0 Å². The molecular formula is C24H30F6MnN2O4S2. The van der Waals surface area contributed by atoms with Gasteiger partial charge in [-0.05, 0) is 65.2 Å². The van der Waals surface area contributed by atoms with Crippen LogP contribution in [0, 0.1) is 25.7 Å². The van der Waals surface area contributed by atoms with Crippen molar-refractivity contribution < 1.29 is 58.7 Å². The Hall–Kier alpha value is -1.41. The van der Waals surface area contributed by atoms with Crippen LogP contribution in [0.2, 0.25) is 0 Å². The molecule has 2 aromatic heterocycles. The molecule has 2 aromatic rings. The molecule has 2 fully saturated rings. The molecule has 15 heteroatoms. The number of nitrogens with zero attached hydrogens (tertiary/aromatic N) is 2. The van der Waals surface area contributed by atoms with Crippen molar-refractivity contribution in [3.63, 3.8) is 0 Å². The molecular weight excluding hydrogens is 613 g/mol. The fraction of sp³-hybridized carbons (Fsp3) is 0.708. The van der Waals surface area contributed by atoms with E-state index in [4.69, 9.17) is 12.8 Å². The summed E-state index contributed by atoms with van der Waals surface area (Å²) >= 11 is 1.31. The predicted octanol–water partition coefficient (Wildman–Crippen LogP) is 7.64. The molecule has 39 heavy (non-hydrogen) atoms. The van der Waals surface area contributed by atoms with Crippen molar-refractivity contribution in [3.8, 4) is 0 Å². The van der Waals surface area contributed by atoms with Crippen LogP contribution in [0.4, 0.5) is 26.3 Å². The molecule has 221 valence electrons. The van der Waals surface area contributed by atoms with Gasteiger partial charge in [0.2, 0.25) is 0 Å². The molecule has 2 aliphatic carbocycles. The van der Waals surface area contributed by atoms with Gasteiger partial charge in [0.05, 0.1) is 49.6 Å². The van der Waals surface area contributed by atoms with Gasteiger partial charge in [-0.2, -0.15) is 26.3 Å². The Bertz CT molecular complexity index is 1100. The van der Waals surface area contributed by atoms with Gasteiger partial charge in [-0.3, -0.25) is 4.79 Å². The van der Waals surface area contributed by atoms with Gasteiger partial charge in [-0.25, -0.2) is 9.97 Å². The summed E-state index contributed by atoms with van der Waals surface area (Å²) < 4.78 is 92.1. The van der Waals surface area contributed by atoms with Crippen LogP contribution in [-0.2, 0) is 29.1 Å². The first-order chi connectivity index (χ1) is 18.2. The van der Waals surface area contributed by atoms with Crippen molar-refractivity contribution in [1.82, 2.24) is 9.97 Å². The Morgan fingerprint density at radius 1 is 0.795 bits per heavy atom. The van der Waals surface area contributed by atoms with Crippen LogP contribution in [0.15, 0.2) is 0 Å². The van der Waals surface area contributed by atoms with E-state index in [9.17, 15) is 31.1 Å². The van der Waals surface area contributed by atoms with Gasteiger partial charge in [0.25, 0.3) is 0 Å². The maximum atomic E-state index is 12.5. The van der Waals surface area contributed by atoms with Crippen LogP contribution in [0.1, 0.15) is 99.2 Å². The first kappa shape index (κ1) is 33.8. The number of aldehydes is 1. The van der Waals surface area contributed by atoms with Crippen LogP contribution < -0.4 is 0 Å². The van der Waals surface area contributed by atoms with Crippen molar-refractivity contribution in [1.29, 1.82) is 0 Å². The maximum absolute atomic E-state index is 12.5. The number of aryl methyl sites for hydroxylation is 2. The van der Waals surface area contributed by atoms with Gasteiger partial charge >= 0.3 is 34.8 Å². The number of thiazole rings is 2. The van der Waals surface area contributed by atoms with Crippen molar-refractivity contribution in [3.05, 3.63) is 31.2 Å². The normalized spacial score (nSPS) is 23.6. The Morgan fingerprint density at radius 3 is 1.49 bits per heavy atom. The number of carbonyl (C=O) groups is 1. The molecule has 2 aliphatic rings. The fourth-order valence-corrected chi connectivity index (χ4v) is 6.97. The van der Waals surface area contributed by atoms with Gasteiger partial charge in [0, 0.05) is 11.8 Å². The SMILES string of the molecule is Cc1nc(C2CCC(C(F)(F)F)CC2)sc1C=O.Cc1nc(C2CCC(C(F)(F)F)CC2)sc1CO.[O]=[Mn]=[O]. The number of carbonyl (C=O) groups excluding carboxylic acids is 1. The summed E-state index contributed by atoms with van der Waals surface area (Å²) in [5.74, 6) is -2.10. The average molecular weight is 644 g/mol. The van der Waals surface area contributed by atoms with Gasteiger partial charge in [0.15, 0.2) is 6.29 Å². The van der Waals surface area contributed by atoms with Gasteiger partial charge in [-0.1, -0.05) is 0 Å². The number of halogens is 6. The Labute approximate surface area is 236 Å². The molecule has 2 heterocycles. The summed E-state index contributed by atoms with van der Waals surface area (Å²) in [5, 5.41) is 10.8. The first-order valence-corrected chi connectivity index (χ1v) is 14.9. The number of aromatic nitrogens is 2. The van der Waals surface area contributed by atoms with E-state index >= 15 is 0 Å². The molecule has 6 nitrogen and oxygen atoms in total. The van der Waals surface area contributed by atoms with E-state index in [1.807, 2.05) is 6.92 Å². The topological polar surface area (TPSA) is 97.2 Å². The monoisotopic (exact) mass is 643 g/mol. The van der Waals surface area contributed by atoms with E-state index in [1.54, 1.807) is 6.92 Å². The quantitative estimate of drug-likeness (QED) is 0.209. The van der Waals surface area contributed by atoms with Crippen molar-refractivity contribution in [2.75, 3.05) is 0 Å². The number of aliphatic hydroxyl groups is 1.